The molecule has 216 valence electrons. The molecule has 0 fully saturated rings. The van der Waals surface area contributed by atoms with Crippen LogP contribution in [0.15, 0.2) is 48.5 Å². The number of urea groups is 1. The third-order valence-electron chi connectivity index (χ3n) is 6.79. The molecule has 3 aromatic rings. The monoisotopic (exact) mass is 565 g/mol. The third kappa shape index (κ3) is 9.66. The zero-order valence-corrected chi connectivity index (χ0v) is 24.8. The highest BCUT2D eigenvalue weighted by Gasteiger charge is 2.19. The van der Waals surface area contributed by atoms with Crippen molar-refractivity contribution in [1.29, 1.82) is 0 Å². The number of carbonyl (C=O) groups is 2. The number of unbranched alkanes of at least 4 members (excludes halogenated alkanes) is 3. The molecule has 0 bridgehead atoms. The Hall–Kier alpha value is -3.40. The Labute approximate surface area is 243 Å². The smallest absolute Gasteiger partial charge is 0.317 e. The minimum atomic E-state index is -0.132. The minimum Gasteiger partial charge on any atom is -0.354 e. The zero-order valence-electron chi connectivity index (χ0n) is 23.9. The summed E-state index contributed by atoms with van der Waals surface area (Å²) < 4.78 is 0. The summed E-state index contributed by atoms with van der Waals surface area (Å²) in [5.74, 6) is 1.40. The summed E-state index contributed by atoms with van der Waals surface area (Å²) >= 11 is 4.37. The molecule has 9 nitrogen and oxygen atoms in total. The highest BCUT2D eigenvalue weighted by atomic mass is 32.1. The first-order valence-electron chi connectivity index (χ1n) is 14.3. The van der Waals surface area contributed by atoms with E-state index in [-0.39, 0.29) is 17.9 Å². The molecule has 0 radical (unpaired) electrons. The van der Waals surface area contributed by atoms with E-state index in [9.17, 15) is 9.59 Å². The lowest BCUT2D eigenvalue weighted by Gasteiger charge is -2.24. The molecule has 0 aliphatic heterocycles. The molecule has 2 aromatic carbocycles. The Kier molecular flexibility index (Phi) is 13.0. The van der Waals surface area contributed by atoms with Crippen molar-refractivity contribution in [3.05, 3.63) is 54.1 Å². The van der Waals surface area contributed by atoms with Crippen LogP contribution in [0.4, 0.5) is 4.79 Å². The van der Waals surface area contributed by atoms with Gasteiger partial charge in [-0.1, -0.05) is 88.6 Å². The van der Waals surface area contributed by atoms with Crippen molar-refractivity contribution in [1.82, 2.24) is 36.2 Å². The first-order chi connectivity index (χ1) is 19.4. The van der Waals surface area contributed by atoms with Crippen LogP contribution in [0.25, 0.3) is 22.5 Å². The van der Waals surface area contributed by atoms with Crippen molar-refractivity contribution in [3.63, 3.8) is 0 Å². The van der Waals surface area contributed by atoms with Crippen molar-refractivity contribution in [3.8, 4) is 22.5 Å². The first kappa shape index (κ1) is 31.1. The number of aromatic nitrogens is 4. The number of carbonyl (C=O) groups excluding carboxylic acids is 2. The van der Waals surface area contributed by atoms with Crippen LogP contribution in [0.3, 0.4) is 0 Å². The van der Waals surface area contributed by atoms with Gasteiger partial charge in [-0.05, 0) is 45.9 Å². The first-order valence-corrected chi connectivity index (χ1v) is 14.9. The van der Waals surface area contributed by atoms with E-state index in [1.54, 1.807) is 4.90 Å². The van der Waals surface area contributed by atoms with E-state index in [1.165, 1.54) is 0 Å². The Balaban J connectivity index is 1.67. The van der Waals surface area contributed by atoms with Crippen LogP contribution < -0.4 is 10.6 Å². The predicted molar refractivity (Wildman–Crippen MR) is 163 cm³/mol. The van der Waals surface area contributed by atoms with Gasteiger partial charge >= 0.3 is 6.03 Å². The number of nitrogens with one attached hydrogen (secondary N) is 3. The zero-order chi connectivity index (χ0) is 28.7. The summed E-state index contributed by atoms with van der Waals surface area (Å²) in [5, 5.41) is 20.4. The molecule has 40 heavy (non-hydrogen) atoms. The fraction of sp³-hybridized carbons (Fsp3) is 0.500. The van der Waals surface area contributed by atoms with Gasteiger partial charge in [0, 0.05) is 43.4 Å². The average molecular weight is 566 g/mol. The predicted octanol–water partition coefficient (Wildman–Crippen LogP) is 5.33. The summed E-state index contributed by atoms with van der Waals surface area (Å²) in [6.07, 6.45) is 5.16. The Morgan fingerprint density at radius 2 is 1.73 bits per heavy atom. The van der Waals surface area contributed by atoms with Gasteiger partial charge in [0.15, 0.2) is 5.82 Å². The highest BCUT2D eigenvalue weighted by molar-refractivity contribution is 7.80. The van der Waals surface area contributed by atoms with Crippen molar-refractivity contribution in [2.75, 3.05) is 25.4 Å². The molecule has 0 spiro atoms. The van der Waals surface area contributed by atoms with Crippen LogP contribution in [0.1, 0.15) is 58.4 Å². The Morgan fingerprint density at radius 3 is 2.38 bits per heavy atom. The van der Waals surface area contributed by atoms with Gasteiger partial charge in [0.2, 0.25) is 5.91 Å². The fourth-order valence-corrected chi connectivity index (χ4v) is 4.94. The van der Waals surface area contributed by atoms with Gasteiger partial charge in [-0.2, -0.15) is 12.6 Å². The number of hydrogen-bond acceptors (Lipinski definition) is 6. The van der Waals surface area contributed by atoms with Gasteiger partial charge in [-0.3, -0.25) is 4.79 Å². The molecule has 1 unspecified atom stereocenters. The van der Waals surface area contributed by atoms with Gasteiger partial charge in [0.05, 0.1) is 0 Å². The summed E-state index contributed by atoms with van der Waals surface area (Å²) in [6, 6.07) is 16.0. The van der Waals surface area contributed by atoms with Crippen LogP contribution in [-0.4, -0.2) is 62.8 Å². The molecule has 0 saturated carbocycles. The second-order valence-electron chi connectivity index (χ2n) is 10.5. The lowest BCUT2D eigenvalue weighted by Crippen LogP contribution is -2.44. The van der Waals surface area contributed by atoms with Crippen molar-refractivity contribution in [2.24, 2.45) is 11.8 Å². The topological polar surface area (TPSA) is 116 Å². The standard InChI is InChI=1S/C30H43N7O2S/c1-4-5-6-9-16-32-30(39)37(18-17-31-29(38)25(21-40)19-22(2)3)20-23-12-14-24(15-13-23)26-10-7-8-11-27(26)28-33-35-36-34-28/h7-8,10-15,22,25,40H,4-6,9,16-21H2,1-3H3,(H,31,38)(H,32,39)(H,33,34,35,36). The number of hydrogen-bond donors (Lipinski definition) is 4. The lowest BCUT2D eigenvalue weighted by atomic mass is 9.98. The van der Waals surface area contributed by atoms with E-state index < -0.39 is 0 Å². The number of aromatic amines is 1. The molecule has 1 aromatic heterocycles. The summed E-state index contributed by atoms with van der Waals surface area (Å²) in [6.45, 7) is 8.26. The molecule has 3 amide bonds. The lowest BCUT2D eigenvalue weighted by molar-refractivity contribution is -0.124. The molecule has 0 saturated heterocycles. The molecule has 1 atom stereocenters. The Bertz CT molecular complexity index is 1170. The number of tetrazole rings is 1. The maximum absolute atomic E-state index is 13.1. The van der Waals surface area contributed by atoms with E-state index in [0.717, 1.165) is 54.4 Å². The molecule has 1 heterocycles. The summed E-state index contributed by atoms with van der Waals surface area (Å²) in [5.41, 5.74) is 3.95. The van der Waals surface area contributed by atoms with E-state index in [4.69, 9.17) is 0 Å². The van der Waals surface area contributed by atoms with Crippen LogP contribution in [-0.2, 0) is 11.3 Å². The summed E-state index contributed by atoms with van der Waals surface area (Å²) in [4.78, 5) is 27.6. The molecule has 10 heteroatoms. The fourth-order valence-electron chi connectivity index (χ4n) is 4.63. The maximum Gasteiger partial charge on any atom is 0.317 e. The van der Waals surface area contributed by atoms with Gasteiger partial charge < -0.3 is 15.5 Å². The van der Waals surface area contributed by atoms with Crippen LogP contribution in [0.5, 0.6) is 0 Å². The second-order valence-corrected chi connectivity index (χ2v) is 10.9. The molecule has 3 N–H and O–H groups in total. The largest absolute Gasteiger partial charge is 0.354 e. The van der Waals surface area contributed by atoms with Crippen LogP contribution in [0.2, 0.25) is 0 Å². The highest BCUT2D eigenvalue weighted by Crippen LogP contribution is 2.29. The number of benzene rings is 2. The molecule has 0 aliphatic carbocycles. The van der Waals surface area contributed by atoms with Gasteiger partial charge in [-0.15, -0.1) is 5.10 Å². The quantitative estimate of drug-likeness (QED) is 0.138. The van der Waals surface area contributed by atoms with Crippen molar-refractivity contribution < 1.29 is 9.59 Å². The molecular formula is C30H43N7O2S. The SMILES string of the molecule is CCCCCCNC(=O)N(CCNC(=O)C(CS)CC(C)C)Cc1ccc(-c2ccccc2-c2nnn[nH]2)cc1. The number of amides is 3. The van der Waals surface area contributed by atoms with Crippen LogP contribution in [0, 0.1) is 11.8 Å². The van der Waals surface area contributed by atoms with Crippen molar-refractivity contribution in [2.45, 2.75) is 59.4 Å². The van der Waals surface area contributed by atoms with E-state index in [2.05, 4.69) is 64.7 Å². The van der Waals surface area contributed by atoms with Crippen LogP contribution >= 0.6 is 12.6 Å². The van der Waals surface area contributed by atoms with E-state index >= 15 is 0 Å². The number of thiol groups is 1. The average Bonchev–Trinajstić information content (AvgIpc) is 3.50. The second kappa shape index (κ2) is 16.6. The number of nitrogens with zero attached hydrogens (tertiary/aromatic N) is 4. The molecular weight excluding hydrogens is 522 g/mol. The van der Waals surface area contributed by atoms with Gasteiger partial charge in [0.1, 0.15) is 0 Å². The van der Waals surface area contributed by atoms with Gasteiger partial charge in [-0.25, -0.2) is 9.89 Å². The van der Waals surface area contributed by atoms with E-state index in [0.29, 0.717) is 43.7 Å². The third-order valence-corrected chi connectivity index (χ3v) is 7.23. The van der Waals surface area contributed by atoms with Crippen molar-refractivity contribution >= 4 is 24.6 Å². The normalized spacial score (nSPS) is 11.8. The summed E-state index contributed by atoms with van der Waals surface area (Å²) in [7, 11) is 0. The minimum absolute atomic E-state index is 0.00593. The molecule has 0 aliphatic rings. The Morgan fingerprint density at radius 1 is 0.975 bits per heavy atom. The van der Waals surface area contributed by atoms with E-state index in [1.807, 2.05) is 48.5 Å². The molecule has 3 rings (SSSR count). The number of H-pyrrole nitrogens is 1. The van der Waals surface area contributed by atoms with Gasteiger partial charge in [0.25, 0.3) is 0 Å². The maximum atomic E-state index is 13.1. The number of rotatable bonds is 16.